The number of hydrogen-bond donors (Lipinski definition) is 1. The number of amides is 1. The molecule has 0 unspecified atom stereocenters. The largest absolute Gasteiger partial charge is 0.352 e. The van der Waals surface area contributed by atoms with E-state index >= 15 is 0 Å². The number of hydrogen-bond acceptors (Lipinski definition) is 3. The number of carbonyl (C=O) groups is 1. The first-order valence-electron chi connectivity index (χ1n) is 7.43. The van der Waals surface area contributed by atoms with Crippen LogP contribution in [0.4, 0.5) is 0 Å². The van der Waals surface area contributed by atoms with E-state index in [9.17, 15) is 4.79 Å². The second kappa shape index (κ2) is 6.39. The Hall–Kier alpha value is -2.69. The predicted octanol–water partition coefficient (Wildman–Crippen LogP) is 2.42. The Labute approximate surface area is 129 Å². The fourth-order valence-corrected chi connectivity index (χ4v) is 2.51. The summed E-state index contributed by atoms with van der Waals surface area (Å²) in [7, 11) is 0. The molecule has 1 amide bonds. The van der Waals surface area contributed by atoms with Gasteiger partial charge in [-0.3, -0.25) is 4.79 Å². The van der Waals surface area contributed by atoms with Crippen molar-refractivity contribution in [3.05, 3.63) is 60.0 Å². The molecule has 2 aromatic heterocycles. The lowest BCUT2D eigenvalue weighted by atomic mass is 10.2. The highest BCUT2D eigenvalue weighted by atomic mass is 16.1. The van der Waals surface area contributed by atoms with Crippen LogP contribution in [-0.2, 0) is 13.0 Å². The van der Waals surface area contributed by atoms with Crippen molar-refractivity contribution in [2.24, 2.45) is 0 Å². The van der Waals surface area contributed by atoms with E-state index in [0.717, 1.165) is 23.5 Å². The quantitative estimate of drug-likeness (QED) is 0.786. The second-order valence-electron chi connectivity index (χ2n) is 4.99. The van der Waals surface area contributed by atoms with Crippen LogP contribution in [0.15, 0.2) is 48.7 Å². The monoisotopic (exact) mass is 294 g/mol. The van der Waals surface area contributed by atoms with Crippen LogP contribution in [0.3, 0.4) is 0 Å². The molecule has 0 bridgehead atoms. The molecule has 112 valence electrons. The first-order chi connectivity index (χ1) is 10.8. The summed E-state index contributed by atoms with van der Waals surface area (Å²) < 4.78 is 2.09. The van der Waals surface area contributed by atoms with Crippen molar-refractivity contribution in [3.63, 3.8) is 0 Å². The number of pyridine rings is 1. The maximum atomic E-state index is 12.0. The van der Waals surface area contributed by atoms with Gasteiger partial charge in [-0.25, -0.2) is 9.97 Å². The maximum absolute atomic E-state index is 12.0. The third kappa shape index (κ3) is 2.83. The van der Waals surface area contributed by atoms with Crippen molar-refractivity contribution in [1.82, 2.24) is 19.9 Å². The molecular weight excluding hydrogens is 276 g/mol. The van der Waals surface area contributed by atoms with Crippen molar-refractivity contribution < 1.29 is 4.79 Å². The summed E-state index contributed by atoms with van der Waals surface area (Å²) in [6, 6.07) is 13.1. The highest BCUT2D eigenvalue weighted by Gasteiger charge is 2.10. The summed E-state index contributed by atoms with van der Waals surface area (Å²) >= 11 is 0. The molecule has 1 N–H and O–H groups in total. The molecule has 3 rings (SSSR count). The lowest BCUT2D eigenvalue weighted by Crippen LogP contribution is -2.26. The summed E-state index contributed by atoms with van der Waals surface area (Å²) in [6.45, 7) is 3.44. The van der Waals surface area contributed by atoms with Crippen LogP contribution in [-0.4, -0.2) is 27.0 Å². The number of fused-ring (bicyclic) bond motifs is 1. The summed E-state index contributed by atoms with van der Waals surface area (Å²) in [4.78, 5) is 21.0. The highest BCUT2D eigenvalue weighted by Crippen LogP contribution is 2.13. The zero-order valence-corrected chi connectivity index (χ0v) is 12.5. The van der Waals surface area contributed by atoms with Crippen molar-refractivity contribution >= 4 is 17.1 Å². The molecule has 22 heavy (non-hydrogen) atoms. The van der Waals surface area contributed by atoms with E-state index in [4.69, 9.17) is 0 Å². The standard InChI is InChI=1S/C17H18N4O/c1-2-21-15(20-14-9-6-11-18-16(14)21)10-12-19-17(22)13-7-4-3-5-8-13/h3-9,11H,2,10,12H2,1H3,(H,19,22). The second-order valence-corrected chi connectivity index (χ2v) is 4.99. The fraction of sp³-hybridized carbons (Fsp3) is 0.235. The van der Waals surface area contributed by atoms with E-state index in [2.05, 4.69) is 26.8 Å². The van der Waals surface area contributed by atoms with Crippen LogP contribution in [0.25, 0.3) is 11.2 Å². The Balaban J connectivity index is 1.68. The highest BCUT2D eigenvalue weighted by molar-refractivity contribution is 5.94. The fourth-order valence-electron chi connectivity index (χ4n) is 2.51. The average molecular weight is 294 g/mol. The molecule has 0 aliphatic carbocycles. The van der Waals surface area contributed by atoms with Crippen LogP contribution >= 0.6 is 0 Å². The zero-order valence-electron chi connectivity index (χ0n) is 12.5. The Morgan fingerprint density at radius 1 is 1.18 bits per heavy atom. The van der Waals surface area contributed by atoms with Crippen LogP contribution in [0.5, 0.6) is 0 Å². The molecule has 2 heterocycles. The number of carbonyl (C=O) groups excluding carboxylic acids is 1. The average Bonchev–Trinajstić information content (AvgIpc) is 2.93. The van der Waals surface area contributed by atoms with Crippen molar-refractivity contribution in [2.45, 2.75) is 19.9 Å². The number of aryl methyl sites for hydroxylation is 1. The Morgan fingerprint density at radius 2 is 2.00 bits per heavy atom. The van der Waals surface area contributed by atoms with E-state index in [1.54, 1.807) is 18.3 Å². The number of rotatable bonds is 5. The summed E-state index contributed by atoms with van der Waals surface area (Å²) in [5, 5.41) is 2.93. The Morgan fingerprint density at radius 3 is 2.77 bits per heavy atom. The van der Waals surface area contributed by atoms with Gasteiger partial charge in [0, 0.05) is 31.3 Å². The van der Waals surface area contributed by atoms with Gasteiger partial charge in [0.25, 0.3) is 5.91 Å². The van der Waals surface area contributed by atoms with Crippen LogP contribution in [0, 0.1) is 0 Å². The number of imidazole rings is 1. The molecule has 0 saturated heterocycles. The van der Waals surface area contributed by atoms with Gasteiger partial charge in [0.2, 0.25) is 0 Å². The van der Waals surface area contributed by atoms with Gasteiger partial charge in [0.15, 0.2) is 5.65 Å². The molecule has 0 atom stereocenters. The molecule has 0 aliphatic heterocycles. The molecule has 0 spiro atoms. The molecule has 0 fully saturated rings. The first kappa shape index (κ1) is 14.3. The lowest BCUT2D eigenvalue weighted by Gasteiger charge is -2.07. The van der Waals surface area contributed by atoms with E-state index in [1.807, 2.05) is 30.3 Å². The summed E-state index contributed by atoms with van der Waals surface area (Å²) in [5.74, 6) is 0.891. The Bertz CT molecular complexity index is 780. The minimum atomic E-state index is -0.0575. The third-order valence-corrected chi connectivity index (χ3v) is 3.57. The molecule has 0 saturated carbocycles. The zero-order chi connectivity index (χ0) is 15.4. The van der Waals surface area contributed by atoms with Gasteiger partial charge in [0.1, 0.15) is 11.3 Å². The topological polar surface area (TPSA) is 59.8 Å². The first-order valence-corrected chi connectivity index (χ1v) is 7.43. The van der Waals surface area contributed by atoms with Gasteiger partial charge < -0.3 is 9.88 Å². The smallest absolute Gasteiger partial charge is 0.251 e. The maximum Gasteiger partial charge on any atom is 0.251 e. The molecular formula is C17H18N4O. The van der Waals surface area contributed by atoms with E-state index < -0.39 is 0 Å². The normalized spacial score (nSPS) is 10.8. The van der Waals surface area contributed by atoms with Crippen LogP contribution < -0.4 is 5.32 Å². The van der Waals surface area contributed by atoms with Gasteiger partial charge in [-0.05, 0) is 31.2 Å². The molecule has 0 radical (unpaired) electrons. The number of nitrogens with zero attached hydrogens (tertiary/aromatic N) is 3. The van der Waals surface area contributed by atoms with E-state index in [0.29, 0.717) is 18.5 Å². The van der Waals surface area contributed by atoms with Crippen LogP contribution in [0.2, 0.25) is 0 Å². The SMILES string of the molecule is CCn1c(CCNC(=O)c2ccccc2)nc2cccnc21. The van der Waals surface area contributed by atoms with E-state index in [1.165, 1.54) is 0 Å². The molecule has 5 heteroatoms. The van der Waals surface area contributed by atoms with Gasteiger partial charge in [-0.15, -0.1) is 0 Å². The Kier molecular flexibility index (Phi) is 4.14. The summed E-state index contributed by atoms with van der Waals surface area (Å²) in [6.07, 6.45) is 2.46. The number of aromatic nitrogens is 3. The van der Waals surface area contributed by atoms with Crippen molar-refractivity contribution in [3.8, 4) is 0 Å². The van der Waals surface area contributed by atoms with Gasteiger partial charge in [0.05, 0.1) is 0 Å². The van der Waals surface area contributed by atoms with Crippen LogP contribution in [0.1, 0.15) is 23.1 Å². The van der Waals surface area contributed by atoms with E-state index in [-0.39, 0.29) is 5.91 Å². The molecule has 5 nitrogen and oxygen atoms in total. The lowest BCUT2D eigenvalue weighted by molar-refractivity contribution is 0.0954. The van der Waals surface area contributed by atoms with Crippen molar-refractivity contribution in [2.75, 3.05) is 6.54 Å². The predicted molar refractivity (Wildman–Crippen MR) is 85.7 cm³/mol. The third-order valence-electron chi connectivity index (χ3n) is 3.57. The van der Waals surface area contributed by atoms with Crippen molar-refractivity contribution in [1.29, 1.82) is 0 Å². The van der Waals surface area contributed by atoms with Gasteiger partial charge in [-0.2, -0.15) is 0 Å². The minimum Gasteiger partial charge on any atom is -0.352 e. The molecule has 0 aliphatic rings. The van der Waals surface area contributed by atoms with Gasteiger partial charge >= 0.3 is 0 Å². The number of nitrogens with one attached hydrogen (secondary N) is 1. The molecule has 1 aromatic carbocycles. The number of benzene rings is 1. The minimum absolute atomic E-state index is 0.0575. The summed E-state index contributed by atoms with van der Waals surface area (Å²) in [5.41, 5.74) is 2.47. The molecule has 3 aromatic rings. The van der Waals surface area contributed by atoms with Gasteiger partial charge in [-0.1, -0.05) is 18.2 Å².